The van der Waals surface area contributed by atoms with E-state index in [9.17, 15) is 0 Å². The van der Waals surface area contributed by atoms with E-state index >= 15 is 0 Å². The monoisotopic (exact) mass is 372 g/mol. The molecule has 2 radical (unpaired) electrons. The van der Waals surface area contributed by atoms with Crippen LogP contribution in [-0.2, 0) is 12.8 Å². The van der Waals surface area contributed by atoms with Gasteiger partial charge in [-0.3, -0.25) is 0 Å². The first-order chi connectivity index (χ1) is 13.7. The summed E-state index contributed by atoms with van der Waals surface area (Å²) < 4.78 is 11.8. The molecule has 0 aliphatic heterocycles. The van der Waals surface area contributed by atoms with E-state index in [0.717, 1.165) is 48.3 Å². The quantitative estimate of drug-likeness (QED) is 0.402. The van der Waals surface area contributed by atoms with Crippen molar-refractivity contribution in [2.45, 2.75) is 25.7 Å². The summed E-state index contributed by atoms with van der Waals surface area (Å²) in [7, 11) is 0. The lowest BCUT2D eigenvalue weighted by molar-refractivity contribution is 0.300. The Labute approximate surface area is 169 Å². The molecule has 0 saturated heterocycles. The average molecular weight is 373 g/mol. The van der Waals surface area contributed by atoms with Crippen molar-refractivity contribution >= 4 is 0 Å². The first kappa shape index (κ1) is 20.0. The normalized spacial score (nSPS) is 10.6. The maximum absolute atomic E-state index is 5.92. The van der Waals surface area contributed by atoms with E-state index in [-0.39, 0.29) is 0 Å². The number of rotatable bonds is 10. The van der Waals surface area contributed by atoms with Gasteiger partial charge in [-0.2, -0.15) is 0 Å². The minimum atomic E-state index is 0.661. The number of benzene rings is 3. The predicted octanol–water partition coefficient (Wildman–Crippen LogP) is 6.07. The average Bonchev–Trinajstić information content (AvgIpc) is 2.73. The van der Waals surface area contributed by atoms with Crippen molar-refractivity contribution in [2.24, 2.45) is 0 Å². The van der Waals surface area contributed by atoms with E-state index in [0.29, 0.717) is 13.2 Å². The second kappa shape index (κ2) is 10.6. The van der Waals surface area contributed by atoms with Gasteiger partial charge in [0.05, 0.1) is 13.2 Å². The number of ether oxygens (including phenoxy) is 2. The van der Waals surface area contributed by atoms with Crippen LogP contribution in [-0.4, -0.2) is 13.2 Å². The molecule has 2 nitrogen and oxygen atoms in total. The minimum absolute atomic E-state index is 0.661. The zero-order chi connectivity index (χ0) is 19.6. The molecule has 3 rings (SSSR count). The molecular formula is C26H28O2. The van der Waals surface area contributed by atoms with E-state index < -0.39 is 0 Å². The van der Waals surface area contributed by atoms with Crippen LogP contribution in [0, 0.1) is 13.8 Å². The highest BCUT2D eigenvalue weighted by atomic mass is 16.5. The minimum Gasteiger partial charge on any atom is -0.493 e. The van der Waals surface area contributed by atoms with E-state index in [1.807, 2.05) is 24.3 Å². The molecule has 0 saturated carbocycles. The number of hydrogen-bond acceptors (Lipinski definition) is 2. The van der Waals surface area contributed by atoms with Gasteiger partial charge < -0.3 is 9.47 Å². The summed E-state index contributed by atoms with van der Waals surface area (Å²) >= 11 is 0. The lowest BCUT2D eigenvalue weighted by Crippen LogP contribution is -2.04. The summed E-state index contributed by atoms with van der Waals surface area (Å²) in [5.41, 5.74) is 4.34. The maximum Gasteiger partial charge on any atom is 0.123 e. The van der Waals surface area contributed by atoms with Gasteiger partial charge in [0.2, 0.25) is 0 Å². The molecule has 0 aliphatic rings. The van der Waals surface area contributed by atoms with Crippen molar-refractivity contribution in [1.82, 2.24) is 0 Å². The standard InChI is InChI=1S/C26H28O2/c1-21-19-26(28-18-10-16-24-13-7-4-8-14-24)22(2)20-25(21)27-17-9-15-23-11-5-3-6-12-23/h3-8,11-14,19-20H,1-2,9-10,15-18H2. The summed E-state index contributed by atoms with van der Waals surface area (Å²) in [6.07, 6.45) is 3.95. The Morgan fingerprint density at radius 3 is 1.36 bits per heavy atom. The van der Waals surface area contributed by atoms with E-state index in [4.69, 9.17) is 9.47 Å². The molecule has 0 fully saturated rings. The molecule has 0 unspecified atom stereocenters. The molecule has 3 aromatic rings. The summed E-state index contributed by atoms with van der Waals surface area (Å²) in [6, 6.07) is 24.8. The van der Waals surface area contributed by atoms with Crippen LogP contribution in [0.2, 0.25) is 0 Å². The largest absolute Gasteiger partial charge is 0.493 e. The number of aryl methyl sites for hydroxylation is 2. The molecule has 0 aromatic heterocycles. The number of hydrogen-bond donors (Lipinski definition) is 0. The van der Waals surface area contributed by atoms with Gasteiger partial charge in [-0.15, -0.1) is 0 Å². The lowest BCUT2D eigenvalue weighted by Gasteiger charge is -2.14. The molecule has 0 N–H and O–H groups in total. The third kappa shape index (κ3) is 6.16. The van der Waals surface area contributed by atoms with Crippen LogP contribution in [0.3, 0.4) is 0 Å². The fourth-order valence-corrected chi connectivity index (χ4v) is 3.12. The van der Waals surface area contributed by atoms with Crippen molar-refractivity contribution in [2.75, 3.05) is 13.2 Å². The molecule has 0 amide bonds. The van der Waals surface area contributed by atoms with Crippen LogP contribution in [0.1, 0.15) is 35.1 Å². The second-order valence-electron chi connectivity index (χ2n) is 6.94. The van der Waals surface area contributed by atoms with Crippen molar-refractivity contribution in [3.05, 3.63) is 109 Å². The highest BCUT2D eigenvalue weighted by Crippen LogP contribution is 2.28. The summed E-state index contributed by atoms with van der Waals surface area (Å²) in [5, 5.41) is 0. The van der Waals surface area contributed by atoms with Crippen molar-refractivity contribution < 1.29 is 9.47 Å². The second-order valence-corrected chi connectivity index (χ2v) is 6.94. The van der Waals surface area contributed by atoms with Crippen LogP contribution >= 0.6 is 0 Å². The third-order valence-corrected chi connectivity index (χ3v) is 4.66. The van der Waals surface area contributed by atoms with E-state index in [1.165, 1.54) is 11.1 Å². The van der Waals surface area contributed by atoms with Crippen molar-refractivity contribution in [3.8, 4) is 11.5 Å². The Bertz CT molecular complexity index is 768. The Balaban J connectivity index is 1.44. The predicted molar refractivity (Wildman–Crippen MR) is 116 cm³/mol. The van der Waals surface area contributed by atoms with Gasteiger partial charge in [0, 0.05) is 0 Å². The summed E-state index contributed by atoms with van der Waals surface area (Å²) in [5.74, 6) is 1.57. The smallest absolute Gasteiger partial charge is 0.123 e. The zero-order valence-corrected chi connectivity index (χ0v) is 16.4. The molecule has 0 aliphatic carbocycles. The SMILES string of the molecule is [CH2]c1cc(OCCCc2ccccc2)c([CH2])cc1OCCCc1ccccc1. The van der Waals surface area contributed by atoms with Gasteiger partial charge in [-0.25, -0.2) is 0 Å². The fourth-order valence-electron chi connectivity index (χ4n) is 3.12. The Hall–Kier alpha value is -2.74. The highest BCUT2D eigenvalue weighted by molar-refractivity contribution is 5.49. The third-order valence-electron chi connectivity index (χ3n) is 4.66. The Morgan fingerprint density at radius 2 is 0.964 bits per heavy atom. The van der Waals surface area contributed by atoms with E-state index in [2.05, 4.69) is 62.4 Å². The van der Waals surface area contributed by atoms with Crippen LogP contribution in [0.5, 0.6) is 11.5 Å². The van der Waals surface area contributed by atoms with Gasteiger partial charge >= 0.3 is 0 Å². The highest BCUT2D eigenvalue weighted by Gasteiger charge is 2.07. The topological polar surface area (TPSA) is 18.5 Å². The molecule has 28 heavy (non-hydrogen) atoms. The van der Waals surface area contributed by atoms with Crippen LogP contribution < -0.4 is 9.47 Å². The van der Waals surface area contributed by atoms with Gasteiger partial charge in [-0.05, 0) is 73.9 Å². The van der Waals surface area contributed by atoms with Gasteiger partial charge in [0.15, 0.2) is 0 Å². The zero-order valence-electron chi connectivity index (χ0n) is 16.4. The summed E-state index contributed by atoms with van der Waals surface area (Å²) in [4.78, 5) is 0. The Kier molecular flexibility index (Phi) is 7.54. The van der Waals surface area contributed by atoms with Crippen molar-refractivity contribution in [1.29, 1.82) is 0 Å². The molecule has 0 bridgehead atoms. The first-order valence-electron chi connectivity index (χ1n) is 9.88. The molecule has 144 valence electrons. The fraction of sp³-hybridized carbons (Fsp3) is 0.231. The lowest BCUT2D eigenvalue weighted by atomic mass is 10.1. The molecule has 2 heteroatoms. The first-order valence-corrected chi connectivity index (χ1v) is 9.88. The summed E-state index contributed by atoms with van der Waals surface area (Å²) in [6.45, 7) is 9.53. The van der Waals surface area contributed by atoms with Crippen molar-refractivity contribution in [3.63, 3.8) is 0 Å². The van der Waals surface area contributed by atoms with Gasteiger partial charge in [0.1, 0.15) is 11.5 Å². The van der Waals surface area contributed by atoms with Gasteiger partial charge in [0.25, 0.3) is 0 Å². The van der Waals surface area contributed by atoms with Gasteiger partial charge in [-0.1, -0.05) is 60.7 Å². The molecule has 3 aromatic carbocycles. The molecule has 0 spiro atoms. The molecule has 0 atom stereocenters. The van der Waals surface area contributed by atoms with Crippen LogP contribution in [0.4, 0.5) is 0 Å². The van der Waals surface area contributed by atoms with Crippen LogP contribution in [0.15, 0.2) is 72.8 Å². The van der Waals surface area contributed by atoms with E-state index in [1.54, 1.807) is 0 Å². The molecular weight excluding hydrogens is 344 g/mol. The Morgan fingerprint density at radius 1 is 0.571 bits per heavy atom. The maximum atomic E-state index is 5.92. The van der Waals surface area contributed by atoms with Crippen LogP contribution in [0.25, 0.3) is 0 Å². The molecule has 0 heterocycles.